The van der Waals surface area contributed by atoms with Crippen molar-refractivity contribution in [2.75, 3.05) is 0 Å². The minimum absolute atomic E-state index is 0.0567. The Bertz CT molecular complexity index is 558. The van der Waals surface area contributed by atoms with Crippen LogP contribution in [0.4, 0.5) is 0 Å². The van der Waals surface area contributed by atoms with Crippen LogP contribution in [0.3, 0.4) is 0 Å². The lowest BCUT2D eigenvalue weighted by Crippen LogP contribution is -2.25. The smallest absolute Gasteiger partial charge is 0.261 e. The van der Waals surface area contributed by atoms with E-state index in [2.05, 4.69) is 36.1 Å². The standard InChI is InChI=1S/C14H17N3OS/c1-14(2,3)12-10(7-15-9-17-12)8-16-13(18)11-5-4-6-19-11/h4-7,9H,8H2,1-3H3,(H,16,18). The molecule has 1 N–H and O–H groups in total. The summed E-state index contributed by atoms with van der Waals surface area (Å²) in [6.07, 6.45) is 3.31. The molecular weight excluding hydrogens is 258 g/mol. The largest absolute Gasteiger partial charge is 0.347 e. The molecule has 2 aromatic rings. The van der Waals surface area contributed by atoms with Crippen molar-refractivity contribution in [2.45, 2.75) is 32.7 Å². The van der Waals surface area contributed by atoms with Crippen molar-refractivity contribution < 1.29 is 4.79 Å². The van der Waals surface area contributed by atoms with Crippen LogP contribution in [0.1, 0.15) is 41.7 Å². The van der Waals surface area contributed by atoms with E-state index >= 15 is 0 Å². The molecule has 2 aromatic heterocycles. The summed E-state index contributed by atoms with van der Waals surface area (Å²) in [6, 6.07) is 3.68. The number of carbonyl (C=O) groups excluding carboxylic acids is 1. The molecule has 0 spiro atoms. The molecule has 0 saturated heterocycles. The highest BCUT2D eigenvalue weighted by molar-refractivity contribution is 7.12. The van der Waals surface area contributed by atoms with E-state index in [-0.39, 0.29) is 11.3 Å². The third kappa shape index (κ3) is 3.38. The van der Waals surface area contributed by atoms with Gasteiger partial charge in [-0.15, -0.1) is 11.3 Å². The first-order valence-electron chi connectivity index (χ1n) is 6.09. The Kier molecular flexibility index (Phi) is 3.95. The summed E-state index contributed by atoms with van der Waals surface area (Å²) in [5, 5.41) is 4.80. The quantitative estimate of drug-likeness (QED) is 0.937. The van der Waals surface area contributed by atoms with Crippen LogP contribution < -0.4 is 5.32 Å². The summed E-state index contributed by atoms with van der Waals surface area (Å²) in [5.74, 6) is -0.0567. The third-order valence-electron chi connectivity index (χ3n) is 2.68. The van der Waals surface area contributed by atoms with E-state index in [1.54, 1.807) is 12.5 Å². The van der Waals surface area contributed by atoms with Gasteiger partial charge in [0.25, 0.3) is 5.91 Å². The van der Waals surface area contributed by atoms with Gasteiger partial charge in [-0.25, -0.2) is 9.97 Å². The zero-order valence-electron chi connectivity index (χ0n) is 11.3. The van der Waals surface area contributed by atoms with Crippen LogP contribution in [0.2, 0.25) is 0 Å². The van der Waals surface area contributed by atoms with E-state index in [0.717, 1.165) is 11.3 Å². The van der Waals surface area contributed by atoms with Crippen LogP contribution in [-0.2, 0) is 12.0 Å². The lowest BCUT2D eigenvalue weighted by Gasteiger charge is -2.20. The van der Waals surface area contributed by atoms with Crippen LogP contribution in [0, 0.1) is 0 Å². The summed E-state index contributed by atoms with van der Waals surface area (Å²) >= 11 is 1.43. The maximum atomic E-state index is 11.9. The van der Waals surface area contributed by atoms with Gasteiger partial charge in [0.2, 0.25) is 0 Å². The Morgan fingerprint density at radius 2 is 2.21 bits per heavy atom. The maximum absolute atomic E-state index is 11.9. The van der Waals surface area contributed by atoms with Crippen molar-refractivity contribution in [3.05, 3.63) is 46.2 Å². The van der Waals surface area contributed by atoms with Gasteiger partial charge in [-0.1, -0.05) is 26.8 Å². The molecule has 2 rings (SSSR count). The number of nitrogens with zero attached hydrogens (tertiary/aromatic N) is 2. The highest BCUT2D eigenvalue weighted by atomic mass is 32.1. The number of hydrogen-bond acceptors (Lipinski definition) is 4. The fourth-order valence-electron chi connectivity index (χ4n) is 1.83. The molecule has 1 amide bonds. The molecule has 0 unspecified atom stereocenters. The molecular formula is C14H17N3OS. The molecule has 0 aliphatic heterocycles. The van der Waals surface area contributed by atoms with Gasteiger partial charge in [0.1, 0.15) is 6.33 Å². The van der Waals surface area contributed by atoms with Gasteiger partial charge in [0, 0.05) is 23.7 Å². The summed E-state index contributed by atoms with van der Waals surface area (Å²) in [6.45, 7) is 6.74. The average molecular weight is 275 g/mol. The van der Waals surface area contributed by atoms with E-state index in [0.29, 0.717) is 11.4 Å². The van der Waals surface area contributed by atoms with Gasteiger partial charge in [-0.3, -0.25) is 4.79 Å². The predicted octanol–water partition coefficient (Wildman–Crippen LogP) is 2.77. The third-order valence-corrected chi connectivity index (χ3v) is 3.55. The Morgan fingerprint density at radius 1 is 1.42 bits per heavy atom. The number of thiophene rings is 1. The number of hydrogen-bond donors (Lipinski definition) is 1. The van der Waals surface area contributed by atoms with Crippen molar-refractivity contribution in [1.82, 2.24) is 15.3 Å². The predicted molar refractivity (Wildman–Crippen MR) is 76.2 cm³/mol. The van der Waals surface area contributed by atoms with E-state index in [1.165, 1.54) is 11.3 Å². The van der Waals surface area contributed by atoms with E-state index in [1.807, 2.05) is 17.5 Å². The highest BCUT2D eigenvalue weighted by Crippen LogP contribution is 2.22. The van der Waals surface area contributed by atoms with E-state index in [9.17, 15) is 4.79 Å². The van der Waals surface area contributed by atoms with Crippen LogP contribution in [0.25, 0.3) is 0 Å². The number of aromatic nitrogens is 2. The first-order valence-corrected chi connectivity index (χ1v) is 6.97. The van der Waals surface area contributed by atoms with Crippen molar-refractivity contribution >= 4 is 17.2 Å². The minimum Gasteiger partial charge on any atom is -0.347 e. The zero-order valence-corrected chi connectivity index (χ0v) is 12.1. The van der Waals surface area contributed by atoms with Gasteiger partial charge in [0.15, 0.2) is 0 Å². The summed E-state index contributed by atoms with van der Waals surface area (Å²) in [5.41, 5.74) is 1.86. The van der Waals surface area contributed by atoms with Crippen molar-refractivity contribution in [3.8, 4) is 0 Å². The molecule has 0 radical (unpaired) electrons. The molecule has 4 nitrogen and oxygen atoms in total. The molecule has 19 heavy (non-hydrogen) atoms. The lowest BCUT2D eigenvalue weighted by molar-refractivity contribution is 0.0954. The second-order valence-electron chi connectivity index (χ2n) is 5.31. The van der Waals surface area contributed by atoms with E-state index in [4.69, 9.17) is 0 Å². The lowest BCUT2D eigenvalue weighted by atomic mass is 9.89. The molecule has 0 bridgehead atoms. The van der Waals surface area contributed by atoms with Gasteiger partial charge in [0.05, 0.1) is 10.6 Å². The fraction of sp³-hybridized carbons (Fsp3) is 0.357. The van der Waals surface area contributed by atoms with Crippen molar-refractivity contribution in [1.29, 1.82) is 0 Å². The summed E-state index contributed by atoms with van der Waals surface area (Å²) in [7, 11) is 0. The second-order valence-corrected chi connectivity index (χ2v) is 6.25. The summed E-state index contributed by atoms with van der Waals surface area (Å²) < 4.78 is 0. The molecule has 0 atom stereocenters. The average Bonchev–Trinajstić information content (AvgIpc) is 2.89. The zero-order chi connectivity index (χ0) is 13.9. The normalized spacial score (nSPS) is 11.3. The molecule has 100 valence electrons. The van der Waals surface area contributed by atoms with Crippen molar-refractivity contribution in [3.63, 3.8) is 0 Å². The SMILES string of the molecule is CC(C)(C)c1ncncc1CNC(=O)c1cccs1. The molecule has 0 aliphatic rings. The molecule has 0 saturated carbocycles. The van der Waals surface area contributed by atoms with Gasteiger partial charge in [-0.2, -0.15) is 0 Å². The molecule has 0 fully saturated rings. The Morgan fingerprint density at radius 3 is 2.84 bits per heavy atom. The second kappa shape index (κ2) is 5.48. The fourth-order valence-corrected chi connectivity index (χ4v) is 2.47. The van der Waals surface area contributed by atoms with Crippen LogP contribution in [0.15, 0.2) is 30.0 Å². The van der Waals surface area contributed by atoms with Crippen LogP contribution >= 0.6 is 11.3 Å². The van der Waals surface area contributed by atoms with Crippen molar-refractivity contribution in [2.24, 2.45) is 0 Å². The van der Waals surface area contributed by atoms with Gasteiger partial charge in [-0.05, 0) is 11.4 Å². The monoisotopic (exact) mass is 275 g/mol. The Balaban J connectivity index is 2.10. The molecule has 5 heteroatoms. The minimum atomic E-state index is -0.0636. The summed E-state index contributed by atoms with van der Waals surface area (Å²) in [4.78, 5) is 21.0. The molecule has 0 aromatic carbocycles. The number of nitrogens with one attached hydrogen (secondary N) is 1. The van der Waals surface area contributed by atoms with Gasteiger partial charge >= 0.3 is 0 Å². The number of rotatable bonds is 3. The molecule has 2 heterocycles. The first kappa shape index (κ1) is 13.7. The maximum Gasteiger partial charge on any atom is 0.261 e. The van der Waals surface area contributed by atoms with E-state index < -0.39 is 0 Å². The van der Waals surface area contributed by atoms with Crippen LogP contribution in [-0.4, -0.2) is 15.9 Å². The van der Waals surface area contributed by atoms with Gasteiger partial charge < -0.3 is 5.32 Å². The topological polar surface area (TPSA) is 54.9 Å². The number of amides is 1. The highest BCUT2D eigenvalue weighted by Gasteiger charge is 2.20. The first-order chi connectivity index (χ1) is 8.98. The van der Waals surface area contributed by atoms with Crippen LogP contribution in [0.5, 0.6) is 0 Å². The number of carbonyl (C=O) groups is 1. The molecule has 0 aliphatic carbocycles. The Labute approximate surface area is 116 Å². The Hall–Kier alpha value is -1.75.